The molecule has 3 heteroatoms. The van der Waals surface area contributed by atoms with Crippen molar-refractivity contribution in [2.45, 2.75) is 31.8 Å². The molecule has 1 aliphatic carbocycles. The number of nitrogens with zero attached hydrogens (tertiary/aromatic N) is 1. The first-order chi connectivity index (χ1) is 8.83. The van der Waals surface area contributed by atoms with E-state index in [1.165, 1.54) is 31.5 Å². The molecule has 1 fully saturated rings. The molecule has 1 heterocycles. The molecule has 1 atom stereocenters. The van der Waals surface area contributed by atoms with Gasteiger partial charge in [0.2, 0.25) is 0 Å². The Kier molecular flexibility index (Phi) is 3.52. The van der Waals surface area contributed by atoms with Crippen molar-refractivity contribution in [1.29, 1.82) is 0 Å². The standard InChI is InChI=1S/C15H21NO2/c17-15-6-3-12-11-13(4-5-14(12)15)18-10-9-16-7-1-2-8-16/h4-5,11,15,17H,1-3,6-10H2/t15-/m0/s1. The van der Waals surface area contributed by atoms with Crippen molar-refractivity contribution in [2.24, 2.45) is 0 Å². The molecule has 3 nitrogen and oxygen atoms in total. The lowest BCUT2D eigenvalue weighted by atomic mass is 10.1. The minimum Gasteiger partial charge on any atom is -0.492 e. The van der Waals surface area contributed by atoms with Crippen LogP contribution in [0.15, 0.2) is 18.2 Å². The summed E-state index contributed by atoms with van der Waals surface area (Å²) in [7, 11) is 0. The van der Waals surface area contributed by atoms with Crippen LogP contribution < -0.4 is 4.74 Å². The largest absolute Gasteiger partial charge is 0.492 e. The molecule has 1 aromatic carbocycles. The van der Waals surface area contributed by atoms with Crippen molar-refractivity contribution in [2.75, 3.05) is 26.2 Å². The lowest BCUT2D eigenvalue weighted by molar-refractivity contribution is 0.180. The molecule has 0 spiro atoms. The highest BCUT2D eigenvalue weighted by Crippen LogP contribution is 2.33. The fourth-order valence-electron chi connectivity index (χ4n) is 2.96. The van der Waals surface area contributed by atoms with Gasteiger partial charge in [-0.3, -0.25) is 4.90 Å². The van der Waals surface area contributed by atoms with E-state index in [4.69, 9.17) is 4.74 Å². The maximum atomic E-state index is 9.74. The zero-order chi connectivity index (χ0) is 12.4. The van der Waals surface area contributed by atoms with E-state index < -0.39 is 0 Å². The summed E-state index contributed by atoms with van der Waals surface area (Å²) >= 11 is 0. The molecule has 0 radical (unpaired) electrons. The van der Waals surface area contributed by atoms with Gasteiger partial charge in [-0.05, 0) is 62.0 Å². The molecule has 0 saturated carbocycles. The zero-order valence-electron chi connectivity index (χ0n) is 10.8. The number of aliphatic hydroxyl groups excluding tert-OH is 1. The molecule has 18 heavy (non-hydrogen) atoms. The molecule has 1 saturated heterocycles. The number of hydrogen-bond donors (Lipinski definition) is 1. The van der Waals surface area contributed by atoms with Crippen LogP contribution in [-0.2, 0) is 6.42 Å². The second-order valence-electron chi connectivity index (χ2n) is 5.31. The summed E-state index contributed by atoms with van der Waals surface area (Å²) in [6, 6.07) is 6.09. The third kappa shape index (κ3) is 2.52. The first kappa shape index (κ1) is 12.0. The highest BCUT2D eigenvalue weighted by atomic mass is 16.5. The van der Waals surface area contributed by atoms with Crippen molar-refractivity contribution in [3.63, 3.8) is 0 Å². The summed E-state index contributed by atoms with van der Waals surface area (Å²) in [5.74, 6) is 0.946. The molecular weight excluding hydrogens is 226 g/mol. The second-order valence-corrected chi connectivity index (χ2v) is 5.31. The van der Waals surface area contributed by atoms with Crippen LogP contribution in [0.1, 0.15) is 36.5 Å². The number of aliphatic hydroxyl groups is 1. The lowest BCUT2D eigenvalue weighted by Gasteiger charge is -2.15. The van der Waals surface area contributed by atoms with E-state index >= 15 is 0 Å². The van der Waals surface area contributed by atoms with Gasteiger partial charge in [0.15, 0.2) is 0 Å². The van der Waals surface area contributed by atoms with Gasteiger partial charge in [0.05, 0.1) is 6.10 Å². The molecule has 0 bridgehead atoms. The van der Waals surface area contributed by atoms with Crippen LogP contribution in [0.3, 0.4) is 0 Å². The predicted molar refractivity (Wildman–Crippen MR) is 70.9 cm³/mol. The number of benzene rings is 1. The number of ether oxygens (including phenoxy) is 1. The molecule has 0 aromatic heterocycles. The third-order valence-corrected chi connectivity index (χ3v) is 4.04. The Balaban J connectivity index is 1.53. The highest BCUT2D eigenvalue weighted by molar-refractivity contribution is 5.39. The van der Waals surface area contributed by atoms with Crippen LogP contribution in [0.25, 0.3) is 0 Å². The van der Waals surface area contributed by atoms with E-state index in [1.54, 1.807) is 0 Å². The van der Waals surface area contributed by atoms with E-state index in [1.807, 2.05) is 12.1 Å². The summed E-state index contributed by atoms with van der Waals surface area (Å²) in [5.41, 5.74) is 2.34. The van der Waals surface area contributed by atoms with Gasteiger partial charge in [0.1, 0.15) is 12.4 Å². The fraction of sp³-hybridized carbons (Fsp3) is 0.600. The van der Waals surface area contributed by atoms with Crippen molar-refractivity contribution in [3.05, 3.63) is 29.3 Å². The van der Waals surface area contributed by atoms with Gasteiger partial charge in [-0.2, -0.15) is 0 Å². The third-order valence-electron chi connectivity index (χ3n) is 4.04. The van der Waals surface area contributed by atoms with E-state index in [2.05, 4.69) is 11.0 Å². The predicted octanol–water partition coefficient (Wildman–Crippen LogP) is 2.14. The van der Waals surface area contributed by atoms with Crippen LogP contribution in [-0.4, -0.2) is 36.2 Å². The highest BCUT2D eigenvalue weighted by Gasteiger charge is 2.20. The molecule has 1 aliphatic heterocycles. The Morgan fingerprint density at radius 3 is 2.94 bits per heavy atom. The van der Waals surface area contributed by atoms with Crippen LogP contribution >= 0.6 is 0 Å². The molecule has 2 aliphatic rings. The monoisotopic (exact) mass is 247 g/mol. The smallest absolute Gasteiger partial charge is 0.119 e. The average Bonchev–Trinajstić information content (AvgIpc) is 3.00. The fourth-order valence-corrected chi connectivity index (χ4v) is 2.96. The molecule has 0 amide bonds. The van der Waals surface area contributed by atoms with E-state index in [0.29, 0.717) is 0 Å². The van der Waals surface area contributed by atoms with E-state index in [-0.39, 0.29) is 6.10 Å². The van der Waals surface area contributed by atoms with Crippen molar-refractivity contribution in [1.82, 2.24) is 4.90 Å². The van der Waals surface area contributed by atoms with Crippen LogP contribution in [0, 0.1) is 0 Å². The first-order valence-corrected chi connectivity index (χ1v) is 6.99. The molecule has 1 aromatic rings. The van der Waals surface area contributed by atoms with Crippen molar-refractivity contribution in [3.8, 4) is 5.75 Å². The molecule has 0 unspecified atom stereocenters. The first-order valence-electron chi connectivity index (χ1n) is 6.99. The van der Waals surface area contributed by atoms with Gasteiger partial charge >= 0.3 is 0 Å². The summed E-state index contributed by atoms with van der Waals surface area (Å²) in [6.45, 7) is 4.24. The van der Waals surface area contributed by atoms with Gasteiger partial charge in [0.25, 0.3) is 0 Å². The molecule has 3 rings (SSSR count). The van der Waals surface area contributed by atoms with Crippen molar-refractivity contribution >= 4 is 0 Å². The summed E-state index contributed by atoms with van der Waals surface area (Å²) in [5, 5.41) is 9.74. The normalized spacial score (nSPS) is 23.3. The van der Waals surface area contributed by atoms with Gasteiger partial charge in [-0.25, -0.2) is 0 Å². The summed E-state index contributed by atoms with van der Waals surface area (Å²) in [6.07, 6.45) is 4.22. The number of hydrogen-bond acceptors (Lipinski definition) is 3. The van der Waals surface area contributed by atoms with Crippen molar-refractivity contribution < 1.29 is 9.84 Å². The lowest BCUT2D eigenvalue weighted by Crippen LogP contribution is -2.25. The quantitative estimate of drug-likeness (QED) is 0.885. The number of aryl methyl sites for hydroxylation is 1. The number of rotatable bonds is 4. The molecular formula is C15H21NO2. The summed E-state index contributed by atoms with van der Waals surface area (Å²) < 4.78 is 5.81. The minimum absolute atomic E-state index is 0.265. The number of fused-ring (bicyclic) bond motifs is 1. The average molecular weight is 247 g/mol. The molecule has 1 N–H and O–H groups in total. The van der Waals surface area contributed by atoms with Crippen LogP contribution in [0.5, 0.6) is 5.75 Å². The Morgan fingerprint density at radius 1 is 1.28 bits per heavy atom. The Bertz CT molecular complexity index is 413. The Morgan fingerprint density at radius 2 is 2.11 bits per heavy atom. The maximum absolute atomic E-state index is 9.74. The van der Waals surface area contributed by atoms with Gasteiger partial charge in [-0.15, -0.1) is 0 Å². The maximum Gasteiger partial charge on any atom is 0.119 e. The summed E-state index contributed by atoms with van der Waals surface area (Å²) in [4.78, 5) is 2.46. The topological polar surface area (TPSA) is 32.7 Å². The Labute approximate surface area is 108 Å². The minimum atomic E-state index is -0.265. The second kappa shape index (κ2) is 5.29. The van der Waals surface area contributed by atoms with Gasteiger partial charge in [-0.1, -0.05) is 6.07 Å². The zero-order valence-corrected chi connectivity index (χ0v) is 10.8. The Hall–Kier alpha value is -1.06. The van der Waals surface area contributed by atoms with Gasteiger partial charge in [0, 0.05) is 6.54 Å². The van der Waals surface area contributed by atoms with Crippen LogP contribution in [0.2, 0.25) is 0 Å². The van der Waals surface area contributed by atoms with Crippen LogP contribution in [0.4, 0.5) is 0 Å². The SMILES string of the molecule is O[C@H]1CCc2cc(OCCN3CCCC3)ccc21. The number of likely N-dealkylation sites (tertiary alicyclic amines) is 1. The van der Waals surface area contributed by atoms with E-state index in [9.17, 15) is 5.11 Å². The van der Waals surface area contributed by atoms with E-state index in [0.717, 1.165) is 37.3 Å². The molecule has 98 valence electrons. The van der Waals surface area contributed by atoms with Gasteiger partial charge < -0.3 is 9.84 Å².